The third-order valence-electron chi connectivity index (χ3n) is 4.57. The summed E-state index contributed by atoms with van der Waals surface area (Å²) in [6.07, 6.45) is 3.66. The van der Waals surface area contributed by atoms with E-state index in [4.69, 9.17) is 5.73 Å². The van der Waals surface area contributed by atoms with E-state index in [9.17, 15) is 10.1 Å². The van der Waals surface area contributed by atoms with E-state index in [1.165, 1.54) is 11.6 Å². The largest absolute Gasteiger partial charge is 0.399 e. The van der Waals surface area contributed by atoms with Crippen molar-refractivity contribution in [3.8, 4) is 0 Å². The van der Waals surface area contributed by atoms with Gasteiger partial charge < -0.3 is 10.6 Å². The molecule has 1 aromatic heterocycles. The summed E-state index contributed by atoms with van der Waals surface area (Å²) in [5.41, 5.74) is 8.26. The Kier molecular flexibility index (Phi) is 4.61. The number of nitrogens with two attached hydrogens (primary N) is 1. The molecule has 0 amide bonds. The molecule has 0 aliphatic carbocycles. The fourth-order valence-corrected chi connectivity index (χ4v) is 3.13. The molecule has 0 unspecified atom stereocenters. The molecule has 1 fully saturated rings. The Morgan fingerprint density at radius 1 is 1.25 bits per heavy atom. The van der Waals surface area contributed by atoms with E-state index in [-0.39, 0.29) is 16.7 Å². The molecule has 2 aromatic rings. The smallest absolute Gasteiger partial charge is 0.292 e. The van der Waals surface area contributed by atoms with Crippen molar-refractivity contribution in [3.05, 3.63) is 58.4 Å². The standard InChI is InChI=1S/C17H21N5O2/c1-13(14-3-2-6-19-12-14)20-7-9-21(10-8-20)17-11-15(18)4-5-16(17)22(23)24/h2-6,11-13H,7-10,18H2,1H3/t13-/m0/s1. The van der Waals surface area contributed by atoms with Gasteiger partial charge in [0, 0.05) is 56.4 Å². The van der Waals surface area contributed by atoms with Crippen LogP contribution in [0.15, 0.2) is 42.7 Å². The number of benzene rings is 1. The number of hydrogen-bond donors (Lipinski definition) is 1. The number of nitrogen functional groups attached to an aromatic ring is 1. The fourth-order valence-electron chi connectivity index (χ4n) is 3.13. The van der Waals surface area contributed by atoms with Crippen LogP contribution in [-0.2, 0) is 0 Å². The van der Waals surface area contributed by atoms with Crippen molar-refractivity contribution in [1.29, 1.82) is 0 Å². The van der Waals surface area contributed by atoms with Crippen LogP contribution in [0.5, 0.6) is 0 Å². The monoisotopic (exact) mass is 327 g/mol. The number of nitrogens with zero attached hydrogens (tertiary/aromatic N) is 4. The lowest BCUT2D eigenvalue weighted by molar-refractivity contribution is -0.384. The third kappa shape index (κ3) is 3.30. The van der Waals surface area contributed by atoms with Crippen molar-refractivity contribution < 1.29 is 4.92 Å². The highest BCUT2D eigenvalue weighted by Crippen LogP contribution is 2.32. The molecule has 2 heterocycles. The maximum atomic E-state index is 11.3. The lowest BCUT2D eigenvalue weighted by atomic mass is 10.1. The Balaban J connectivity index is 1.72. The molecular weight excluding hydrogens is 306 g/mol. The van der Waals surface area contributed by atoms with Gasteiger partial charge in [0.25, 0.3) is 5.69 Å². The van der Waals surface area contributed by atoms with Crippen LogP contribution in [0.3, 0.4) is 0 Å². The minimum atomic E-state index is -0.348. The molecule has 24 heavy (non-hydrogen) atoms. The Morgan fingerprint density at radius 3 is 2.62 bits per heavy atom. The predicted molar refractivity (Wildman–Crippen MR) is 93.9 cm³/mol. The van der Waals surface area contributed by atoms with Gasteiger partial charge >= 0.3 is 0 Å². The molecule has 126 valence electrons. The van der Waals surface area contributed by atoms with Crippen LogP contribution in [0.25, 0.3) is 0 Å². The molecule has 0 radical (unpaired) electrons. The van der Waals surface area contributed by atoms with Gasteiger partial charge in [0.05, 0.1) is 4.92 Å². The van der Waals surface area contributed by atoms with Crippen molar-refractivity contribution >= 4 is 17.1 Å². The first-order valence-electron chi connectivity index (χ1n) is 7.99. The maximum absolute atomic E-state index is 11.3. The quantitative estimate of drug-likeness (QED) is 0.527. The number of aromatic nitrogens is 1. The van der Waals surface area contributed by atoms with Gasteiger partial charge in [-0.05, 0) is 30.7 Å². The summed E-state index contributed by atoms with van der Waals surface area (Å²) in [6, 6.07) is 9.04. The minimum absolute atomic E-state index is 0.109. The third-order valence-corrected chi connectivity index (χ3v) is 4.57. The molecule has 2 N–H and O–H groups in total. The number of hydrogen-bond acceptors (Lipinski definition) is 6. The maximum Gasteiger partial charge on any atom is 0.292 e. The summed E-state index contributed by atoms with van der Waals surface area (Å²) in [5, 5.41) is 11.3. The van der Waals surface area contributed by atoms with Gasteiger partial charge in [-0.15, -0.1) is 0 Å². The van der Waals surface area contributed by atoms with E-state index in [1.54, 1.807) is 18.3 Å². The number of piperazine rings is 1. The molecule has 0 bridgehead atoms. The fraction of sp³-hybridized carbons (Fsp3) is 0.353. The van der Waals surface area contributed by atoms with Crippen LogP contribution < -0.4 is 10.6 Å². The zero-order chi connectivity index (χ0) is 17.1. The highest BCUT2D eigenvalue weighted by atomic mass is 16.6. The van der Waals surface area contributed by atoms with E-state index in [0.717, 1.165) is 26.2 Å². The topological polar surface area (TPSA) is 88.5 Å². The average molecular weight is 327 g/mol. The van der Waals surface area contributed by atoms with E-state index in [1.807, 2.05) is 17.2 Å². The van der Waals surface area contributed by atoms with E-state index < -0.39 is 0 Å². The Bertz CT molecular complexity index is 714. The van der Waals surface area contributed by atoms with Crippen LogP contribution in [0, 0.1) is 10.1 Å². The van der Waals surface area contributed by atoms with Crippen molar-refractivity contribution in [3.63, 3.8) is 0 Å². The van der Waals surface area contributed by atoms with Crippen molar-refractivity contribution in [1.82, 2.24) is 9.88 Å². The van der Waals surface area contributed by atoms with Gasteiger partial charge in [0.15, 0.2) is 0 Å². The van der Waals surface area contributed by atoms with Crippen molar-refractivity contribution in [2.75, 3.05) is 36.8 Å². The number of pyridine rings is 1. The van der Waals surface area contributed by atoms with Gasteiger partial charge in [-0.1, -0.05) is 6.07 Å². The summed E-state index contributed by atoms with van der Waals surface area (Å²) < 4.78 is 0. The summed E-state index contributed by atoms with van der Waals surface area (Å²) in [7, 11) is 0. The van der Waals surface area contributed by atoms with E-state index in [2.05, 4.69) is 22.9 Å². The number of anilines is 2. The molecule has 0 saturated carbocycles. The SMILES string of the molecule is C[C@@H](c1cccnc1)N1CCN(c2cc(N)ccc2[N+](=O)[O-])CC1. The molecule has 1 atom stereocenters. The predicted octanol–water partition coefficient (Wildman–Crippen LogP) is 2.46. The number of nitro groups is 1. The molecular formula is C17H21N5O2. The van der Waals surface area contributed by atoms with Crippen LogP contribution in [-0.4, -0.2) is 41.0 Å². The van der Waals surface area contributed by atoms with Crippen molar-refractivity contribution in [2.24, 2.45) is 0 Å². The average Bonchev–Trinajstić information content (AvgIpc) is 2.61. The first kappa shape index (κ1) is 16.2. The molecule has 7 nitrogen and oxygen atoms in total. The van der Waals surface area contributed by atoms with Crippen LogP contribution in [0.4, 0.5) is 17.1 Å². The number of rotatable bonds is 4. The minimum Gasteiger partial charge on any atom is -0.399 e. The summed E-state index contributed by atoms with van der Waals surface area (Å²) in [4.78, 5) is 19.5. The molecule has 1 aliphatic rings. The molecule has 0 spiro atoms. The van der Waals surface area contributed by atoms with Gasteiger partial charge in [0.2, 0.25) is 0 Å². The first-order chi connectivity index (χ1) is 11.6. The molecule has 1 aromatic carbocycles. The molecule has 1 saturated heterocycles. The van der Waals surface area contributed by atoms with Gasteiger partial charge in [0.1, 0.15) is 5.69 Å². The van der Waals surface area contributed by atoms with Crippen LogP contribution in [0.2, 0.25) is 0 Å². The summed E-state index contributed by atoms with van der Waals surface area (Å²) in [5.74, 6) is 0. The first-order valence-corrected chi connectivity index (χ1v) is 7.99. The van der Waals surface area contributed by atoms with Crippen LogP contribution >= 0.6 is 0 Å². The highest BCUT2D eigenvalue weighted by molar-refractivity contribution is 5.68. The Labute approximate surface area is 140 Å². The van der Waals surface area contributed by atoms with Crippen molar-refractivity contribution in [2.45, 2.75) is 13.0 Å². The van der Waals surface area contributed by atoms with Crippen LogP contribution in [0.1, 0.15) is 18.5 Å². The molecule has 1 aliphatic heterocycles. The second-order valence-corrected chi connectivity index (χ2v) is 5.99. The van der Waals surface area contributed by atoms with Gasteiger partial charge in [-0.3, -0.25) is 20.0 Å². The Morgan fingerprint density at radius 2 is 2.00 bits per heavy atom. The second kappa shape index (κ2) is 6.84. The molecule has 7 heteroatoms. The second-order valence-electron chi connectivity index (χ2n) is 5.99. The lowest BCUT2D eigenvalue weighted by Crippen LogP contribution is -2.47. The van der Waals surface area contributed by atoms with Gasteiger partial charge in [-0.25, -0.2) is 0 Å². The zero-order valence-corrected chi connectivity index (χ0v) is 13.6. The lowest BCUT2D eigenvalue weighted by Gasteiger charge is -2.39. The molecule has 3 rings (SSSR count). The van der Waals surface area contributed by atoms with E-state index >= 15 is 0 Å². The summed E-state index contributed by atoms with van der Waals surface area (Å²) >= 11 is 0. The normalized spacial score (nSPS) is 16.8. The number of nitro benzene ring substituents is 1. The van der Waals surface area contributed by atoms with Gasteiger partial charge in [-0.2, -0.15) is 0 Å². The highest BCUT2D eigenvalue weighted by Gasteiger charge is 2.26. The van der Waals surface area contributed by atoms with E-state index in [0.29, 0.717) is 11.4 Å². The Hall–Kier alpha value is -2.67. The zero-order valence-electron chi connectivity index (χ0n) is 13.6. The summed E-state index contributed by atoms with van der Waals surface area (Å²) in [6.45, 7) is 5.30.